The van der Waals surface area contributed by atoms with Crippen LogP contribution in [-0.4, -0.2) is 48.4 Å². The standard InChI is InChI=1S/C15H24N4O2S/c1-10(2)14-17-18-15(22-14)19-6-3-11(9-19)13(20)16-12-4-7-21-8-5-12/h10-12H,3-9H2,1-2H3,(H,16,20). The maximum atomic E-state index is 12.4. The van der Waals surface area contributed by atoms with E-state index in [2.05, 4.69) is 34.3 Å². The Bertz CT molecular complexity index is 513. The van der Waals surface area contributed by atoms with Crippen molar-refractivity contribution in [2.45, 2.75) is 45.1 Å². The van der Waals surface area contributed by atoms with E-state index in [4.69, 9.17) is 4.74 Å². The fourth-order valence-electron chi connectivity index (χ4n) is 2.90. The number of rotatable bonds is 4. The van der Waals surface area contributed by atoms with Crippen LogP contribution in [0.2, 0.25) is 0 Å². The molecule has 2 aliphatic rings. The summed E-state index contributed by atoms with van der Waals surface area (Å²) >= 11 is 1.64. The highest BCUT2D eigenvalue weighted by Gasteiger charge is 2.31. The van der Waals surface area contributed by atoms with Crippen molar-refractivity contribution in [3.63, 3.8) is 0 Å². The average molecular weight is 324 g/mol. The van der Waals surface area contributed by atoms with Gasteiger partial charge in [-0.05, 0) is 19.3 Å². The third-order valence-electron chi connectivity index (χ3n) is 4.32. The lowest BCUT2D eigenvalue weighted by Gasteiger charge is -2.24. The Balaban J connectivity index is 1.53. The summed E-state index contributed by atoms with van der Waals surface area (Å²) in [5.41, 5.74) is 0. The van der Waals surface area contributed by atoms with E-state index >= 15 is 0 Å². The predicted molar refractivity (Wildman–Crippen MR) is 86.3 cm³/mol. The molecule has 2 fully saturated rings. The fourth-order valence-corrected chi connectivity index (χ4v) is 3.78. The third-order valence-corrected chi connectivity index (χ3v) is 5.61. The van der Waals surface area contributed by atoms with Gasteiger partial charge in [-0.2, -0.15) is 0 Å². The summed E-state index contributed by atoms with van der Waals surface area (Å²) in [7, 11) is 0. The Morgan fingerprint density at radius 1 is 1.32 bits per heavy atom. The van der Waals surface area contributed by atoms with Crippen molar-refractivity contribution in [1.29, 1.82) is 0 Å². The predicted octanol–water partition coefficient (Wildman–Crippen LogP) is 1.78. The topological polar surface area (TPSA) is 67.4 Å². The number of nitrogens with one attached hydrogen (secondary N) is 1. The molecule has 7 heteroatoms. The number of amides is 1. The van der Waals surface area contributed by atoms with Crippen LogP contribution in [0.1, 0.15) is 44.0 Å². The first-order chi connectivity index (χ1) is 10.6. The fraction of sp³-hybridized carbons (Fsp3) is 0.800. The third kappa shape index (κ3) is 3.57. The normalized spacial score (nSPS) is 23.2. The van der Waals surface area contributed by atoms with Crippen LogP contribution >= 0.6 is 11.3 Å². The molecule has 3 rings (SSSR count). The van der Waals surface area contributed by atoms with Gasteiger partial charge in [-0.1, -0.05) is 25.2 Å². The Hall–Kier alpha value is -1.21. The number of carbonyl (C=O) groups excluding carboxylic acids is 1. The molecule has 1 atom stereocenters. The molecule has 0 spiro atoms. The summed E-state index contributed by atoms with van der Waals surface area (Å²) in [6, 6.07) is 0.282. The first-order valence-corrected chi connectivity index (χ1v) is 8.91. The average Bonchev–Trinajstić information content (AvgIpc) is 3.17. The van der Waals surface area contributed by atoms with Crippen molar-refractivity contribution in [2.75, 3.05) is 31.2 Å². The number of hydrogen-bond donors (Lipinski definition) is 1. The first-order valence-electron chi connectivity index (χ1n) is 8.10. The van der Waals surface area contributed by atoms with Gasteiger partial charge in [-0.3, -0.25) is 4.79 Å². The summed E-state index contributed by atoms with van der Waals surface area (Å²) in [5.74, 6) is 0.652. The zero-order chi connectivity index (χ0) is 15.5. The molecule has 0 radical (unpaired) electrons. The molecule has 2 aliphatic heterocycles. The van der Waals surface area contributed by atoms with Gasteiger partial charge in [-0.15, -0.1) is 10.2 Å². The van der Waals surface area contributed by atoms with Gasteiger partial charge in [0.05, 0.1) is 5.92 Å². The summed E-state index contributed by atoms with van der Waals surface area (Å²) in [6.45, 7) is 7.40. The van der Waals surface area contributed by atoms with Gasteiger partial charge in [0.2, 0.25) is 11.0 Å². The second kappa shape index (κ2) is 6.91. The Morgan fingerprint density at radius 3 is 2.77 bits per heavy atom. The molecular weight excluding hydrogens is 300 g/mol. The molecule has 22 heavy (non-hydrogen) atoms. The van der Waals surface area contributed by atoms with E-state index in [1.54, 1.807) is 11.3 Å². The summed E-state index contributed by atoms with van der Waals surface area (Å²) in [6.07, 6.45) is 2.75. The van der Waals surface area contributed by atoms with Crippen LogP contribution in [0, 0.1) is 5.92 Å². The molecule has 1 amide bonds. The number of nitrogens with zero attached hydrogens (tertiary/aromatic N) is 3. The molecule has 1 aromatic rings. The smallest absolute Gasteiger partial charge is 0.225 e. The van der Waals surface area contributed by atoms with Crippen LogP contribution in [0.15, 0.2) is 0 Å². The quantitative estimate of drug-likeness (QED) is 0.914. The van der Waals surface area contributed by atoms with Crippen molar-refractivity contribution >= 4 is 22.4 Å². The van der Waals surface area contributed by atoms with Crippen molar-refractivity contribution < 1.29 is 9.53 Å². The molecule has 2 saturated heterocycles. The number of carbonyl (C=O) groups is 1. The molecular formula is C15H24N4O2S. The second-order valence-corrected chi connectivity index (χ2v) is 7.39. The van der Waals surface area contributed by atoms with Crippen LogP contribution in [0.5, 0.6) is 0 Å². The van der Waals surface area contributed by atoms with Gasteiger partial charge in [0.15, 0.2) is 0 Å². The molecule has 1 unspecified atom stereocenters. The highest BCUT2D eigenvalue weighted by Crippen LogP contribution is 2.29. The van der Waals surface area contributed by atoms with Gasteiger partial charge in [-0.25, -0.2) is 0 Å². The number of hydrogen-bond acceptors (Lipinski definition) is 6. The van der Waals surface area contributed by atoms with Crippen LogP contribution in [0.25, 0.3) is 0 Å². The van der Waals surface area contributed by atoms with E-state index in [1.165, 1.54) is 0 Å². The SMILES string of the molecule is CC(C)c1nnc(N2CCC(C(=O)NC3CCOCC3)C2)s1. The van der Waals surface area contributed by atoms with Crippen molar-refractivity contribution in [3.05, 3.63) is 5.01 Å². The van der Waals surface area contributed by atoms with Crippen LogP contribution in [0.4, 0.5) is 5.13 Å². The number of aromatic nitrogens is 2. The van der Waals surface area contributed by atoms with E-state index in [0.29, 0.717) is 5.92 Å². The van der Waals surface area contributed by atoms with Crippen molar-refractivity contribution in [1.82, 2.24) is 15.5 Å². The summed E-state index contributed by atoms with van der Waals surface area (Å²) in [5, 5.41) is 13.7. The molecule has 3 heterocycles. The van der Waals surface area contributed by atoms with Gasteiger partial charge < -0.3 is 15.0 Å². The largest absolute Gasteiger partial charge is 0.381 e. The van der Waals surface area contributed by atoms with Crippen LogP contribution in [-0.2, 0) is 9.53 Å². The first kappa shape index (κ1) is 15.7. The molecule has 6 nitrogen and oxygen atoms in total. The van der Waals surface area contributed by atoms with E-state index < -0.39 is 0 Å². The lowest BCUT2D eigenvalue weighted by Crippen LogP contribution is -2.42. The lowest BCUT2D eigenvalue weighted by atomic mass is 10.1. The van der Waals surface area contributed by atoms with Gasteiger partial charge in [0, 0.05) is 38.3 Å². The van der Waals surface area contributed by atoms with E-state index in [0.717, 1.165) is 55.7 Å². The minimum Gasteiger partial charge on any atom is -0.381 e. The van der Waals surface area contributed by atoms with Gasteiger partial charge in [0.1, 0.15) is 5.01 Å². The summed E-state index contributed by atoms with van der Waals surface area (Å²) < 4.78 is 5.33. The molecule has 1 aromatic heterocycles. The zero-order valence-corrected chi connectivity index (χ0v) is 14.1. The Labute approximate surface area is 135 Å². The molecule has 122 valence electrons. The minimum absolute atomic E-state index is 0.0641. The van der Waals surface area contributed by atoms with Crippen LogP contribution in [0.3, 0.4) is 0 Å². The highest BCUT2D eigenvalue weighted by atomic mass is 32.1. The Kier molecular flexibility index (Phi) is 4.93. The summed E-state index contributed by atoms with van der Waals surface area (Å²) in [4.78, 5) is 14.6. The van der Waals surface area contributed by atoms with Crippen molar-refractivity contribution in [2.24, 2.45) is 5.92 Å². The maximum Gasteiger partial charge on any atom is 0.225 e. The van der Waals surface area contributed by atoms with E-state index in [9.17, 15) is 4.79 Å². The number of ether oxygens (including phenoxy) is 1. The minimum atomic E-state index is 0.0641. The monoisotopic (exact) mass is 324 g/mol. The molecule has 0 bridgehead atoms. The van der Waals surface area contributed by atoms with Gasteiger partial charge in [0.25, 0.3) is 0 Å². The maximum absolute atomic E-state index is 12.4. The number of anilines is 1. The molecule has 1 N–H and O–H groups in total. The van der Waals surface area contributed by atoms with E-state index in [1.807, 2.05) is 0 Å². The zero-order valence-electron chi connectivity index (χ0n) is 13.2. The lowest BCUT2D eigenvalue weighted by molar-refractivity contribution is -0.125. The highest BCUT2D eigenvalue weighted by molar-refractivity contribution is 7.15. The van der Waals surface area contributed by atoms with Crippen LogP contribution < -0.4 is 10.2 Å². The molecule has 0 saturated carbocycles. The van der Waals surface area contributed by atoms with Gasteiger partial charge >= 0.3 is 0 Å². The Morgan fingerprint density at radius 2 is 2.09 bits per heavy atom. The second-order valence-electron chi connectivity index (χ2n) is 6.40. The van der Waals surface area contributed by atoms with Crippen molar-refractivity contribution in [3.8, 4) is 0 Å². The molecule has 0 aliphatic carbocycles. The molecule has 0 aromatic carbocycles. The van der Waals surface area contributed by atoms with E-state index in [-0.39, 0.29) is 17.9 Å².